The topological polar surface area (TPSA) is 9.23 Å². The highest BCUT2D eigenvalue weighted by atomic mass is 79.9. The fourth-order valence-corrected chi connectivity index (χ4v) is 1.79. The summed E-state index contributed by atoms with van der Waals surface area (Å²) in [7, 11) is 1.67. The molecule has 0 bridgehead atoms. The molecule has 0 radical (unpaired) electrons. The van der Waals surface area contributed by atoms with Crippen LogP contribution in [-0.4, -0.2) is 18.5 Å². The molecule has 78 valence electrons. The molecule has 0 aromatic heterocycles. The van der Waals surface area contributed by atoms with Gasteiger partial charge in [-0.2, -0.15) is 0 Å². The number of alkyl halides is 1. The molecule has 0 aliphatic rings. The predicted molar refractivity (Wildman–Crippen MR) is 59.3 cm³/mol. The zero-order chi connectivity index (χ0) is 10.4. The van der Waals surface area contributed by atoms with Crippen LogP contribution < -0.4 is 0 Å². The summed E-state index contributed by atoms with van der Waals surface area (Å²) in [6, 6.07) is 6.87. The van der Waals surface area contributed by atoms with Crippen molar-refractivity contribution in [1.29, 1.82) is 0 Å². The van der Waals surface area contributed by atoms with Gasteiger partial charge in [-0.3, -0.25) is 0 Å². The summed E-state index contributed by atoms with van der Waals surface area (Å²) in [5.41, 5.74) is 0.755. The Morgan fingerprint density at radius 2 is 2.14 bits per heavy atom. The average Bonchev–Trinajstić information content (AvgIpc) is 2.18. The standard InChI is InChI=1S/C11H14BrFO/c1-14-7-6-10(12)8-9-4-2-3-5-11(9)13/h2-5,10H,6-8H2,1H3. The largest absolute Gasteiger partial charge is 0.385 e. The van der Waals surface area contributed by atoms with Gasteiger partial charge in [-0.1, -0.05) is 34.1 Å². The van der Waals surface area contributed by atoms with Crippen LogP contribution in [0.4, 0.5) is 4.39 Å². The van der Waals surface area contributed by atoms with E-state index in [0.29, 0.717) is 13.0 Å². The van der Waals surface area contributed by atoms with Gasteiger partial charge in [0.2, 0.25) is 0 Å². The summed E-state index contributed by atoms with van der Waals surface area (Å²) in [6.07, 6.45) is 1.60. The number of benzene rings is 1. The minimum absolute atomic E-state index is 0.130. The third-order valence-corrected chi connectivity index (χ3v) is 2.82. The van der Waals surface area contributed by atoms with Crippen LogP contribution in [0.3, 0.4) is 0 Å². The smallest absolute Gasteiger partial charge is 0.126 e. The Morgan fingerprint density at radius 1 is 1.43 bits per heavy atom. The van der Waals surface area contributed by atoms with Crippen molar-refractivity contribution in [1.82, 2.24) is 0 Å². The molecule has 1 atom stereocenters. The van der Waals surface area contributed by atoms with Crippen LogP contribution in [0.1, 0.15) is 12.0 Å². The molecule has 0 heterocycles. The molecule has 0 aliphatic carbocycles. The van der Waals surface area contributed by atoms with Crippen LogP contribution in [0.15, 0.2) is 24.3 Å². The molecule has 0 saturated carbocycles. The van der Waals surface area contributed by atoms with E-state index in [2.05, 4.69) is 15.9 Å². The third kappa shape index (κ3) is 3.76. The van der Waals surface area contributed by atoms with Crippen LogP contribution in [0.25, 0.3) is 0 Å². The van der Waals surface area contributed by atoms with Gasteiger partial charge in [-0.25, -0.2) is 4.39 Å². The SMILES string of the molecule is COCCC(Br)Cc1ccccc1F. The highest BCUT2D eigenvalue weighted by Gasteiger charge is 2.08. The highest BCUT2D eigenvalue weighted by Crippen LogP contribution is 2.15. The first-order chi connectivity index (χ1) is 6.74. The zero-order valence-electron chi connectivity index (χ0n) is 8.17. The molecule has 1 aromatic rings. The first-order valence-corrected chi connectivity index (χ1v) is 5.52. The van der Waals surface area contributed by atoms with Gasteiger partial charge in [0.15, 0.2) is 0 Å². The molecule has 0 saturated heterocycles. The molecule has 0 amide bonds. The summed E-state index contributed by atoms with van der Waals surface area (Å²) in [6.45, 7) is 0.699. The van der Waals surface area contributed by atoms with Gasteiger partial charge in [0, 0.05) is 18.5 Å². The van der Waals surface area contributed by atoms with Crippen LogP contribution in [0.2, 0.25) is 0 Å². The Labute approximate surface area is 92.4 Å². The van der Waals surface area contributed by atoms with Gasteiger partial charge >= 0.3 is 0 Å². The molecule has 0 N–H and O–H groups in total. The van der Waals surface area contributed by atoms with E-state index in [-0.39, 0.29) is 10.6 Å². The molecule has 1 nitrogen and oxygen atoms in total. The lowest BCUT2D eigenvalue weighted by Gasteiger charge is -2.09. The van der Waals surface area contributed by atoms with E-state index >= 15 is 0 Å². The Hall–Kier alpha value is -0.410. The normalized spacial score (nSPS) is 12.8. The molecule has 3 heteroatoms. The second-order valence-electron chi connectivity index (χ2n) is 3.17. The number of rotatable bonds is 5. The van der Waals surface area contributed by atoms with Crippen molar-refractivity contribution in [3.63, 3.8) is 0 Å². The maximum atomic E-state index is 13.2. The summed E-state index contributed by atoms with van der Waals surface area (Å²) < 4.78 is 18.2. The van der Waals surface area contributed by atoms with Gasteiger partial charge in [0.25, 0.3) is 0 Å². The first-order valence-electron chi connectivity index (χ1n) is 4.60. The second kappa shape index (κ2) is 6.14. The van der Waals surface area contributed by atoms with E-state index in [1.165, 1.54) is 6.07 Å². The van der Waals surface area contributed by atoms with E-state index in [0.717, 1.165) is 12.0 Å². The lowest BCUT2D eigenvalue weighted by Crippen LogP contribution is -2.07. The van der Waals surface area contributed by atoms with Crippen molar-refractivity contribution in [2.24, 2.45) is 0 Å². The Bertz CT molecular complexity index is 278. The van der Waals surface area contributed by atoms with Crippen molar-refractivity contribution in [3.8, 4) is 0 Å². The minimum atomic E-state index is -0.130. The van der Waals surface area contributed by atoms with Gasteiger partial charge < -0.3 is 4.74 Å². The van der Waals surface area contributed by atoms with E-state index in [1.807, 2.05) is 12.1 Å². The summed E-state index contributed by atoms with van der Waals surface area (Å²) in [5, 5.41) is 0. The van der Waals surface area contributed by atoms with Crippen LogP contribution in [0.5, 0.6) is 0 Å². The van der Waals surface area contributed by atoms with Gasteiger partial charge in [-0.15, -0.1) is 0 Å². The fourth-order valence-electron chi connectivity index (χ4n) is 1.25. The Morgan fingerprint density at radius 3 is 2.79 bits per heavy atom. The molecule has 1 rings (SSSR count). The third-order valence-electron chi connectivity index (χ3n) is 2.03. The van der Waals surface area contributed by atoms with Gasteiger partial charge in [0.1, 0.15) is 5.82 Å². The van der Waals surface area contributed by atoms with Crippen molar-refractivity contribution >= 4 is 15.9 Å². The molecular formula is C11H14BrFO. The van der Waals surface area contributed by atoms with Crippen LogP contribution >= 0.6 is 15.9 Å². The Balaban J connectivity index is 2.47. The van der Waals surface area contributed by atoms with Crippen molar-refractivity contribution in [2.75, 3.05) is 13.7 Å². The van der Waals surface area contributed by atoms with Crippen molar-refractivity contribution < 1.29 is 9.13 Å². The number of ether oxygens (including phenoxy) is 1. The predicted octanol–water partition coefficient (Wildman–Crippen LogP) is 3.17. The second-order valence-corrected chi connectivity index (χ2v) is 4.47. The summed E-state index contributed by atoms with van der Waals surface area (Å²) in [5.74, 6) is -0.130. The van der Waals surface area contributed by atoms with Crippen molar-refractivity contribution in [3.05, 3.63) is 35.6 Å². The van der Waals surface area contributed by atoms with Crippen molar-refractivity contribution in [2.45, 2.75) is 17.7 Å². The van der Waals surface area contributed by atoms with Crippen LogP contribution in [-0.2, 0) is 11.2 Å². The molecule has 0 spiro atoms. The number of halogens is 2. The monoisotopic (exact) mass is 260 g/mol. The van der Waals surface area contributed by atoms with E-state index in [4.69, 9.17) is 4.74 Å². The lowest BCUT2D eigenvalue weighted by atomic mass is 10.1. The molecule has 0 aliphatic heterocycles. The quantitative estimate of drug-likeness (QED) is 0.740. The maximum Gasteiger partial charge on any atom is 0.126 e. The Kier molecular flexibility index (Phi) is 5.12. The fraction of sp³-hybridized carbons (Fsp3) is 0.455. The van der Waals surface area contributed by atoms with E-state index < -0.39 is 0 Å². The molecule has 1 unspecified atom stereocenters. The lowest BCUT2D eigenvalue weighted by molar-refractivity contribution is 0.194. The van der Waals surface area contributed by atoms with Gasteiger partial charge in [-0.05, 0) is 24.5 Å². The first kappa shape index (κ1) is 11.7. The molecule has 0 fully saturated rings. The van der Waals surface area contributed by atoms with E-state index in [9.17, 15) is 4.39 Å². The van der Waals surface area contributed by atoms with Crippen LogP contribution in [0, 0.1) is 5.82 Å². The molecule has 14 heavy (non-hydrogen) atoms. The molecule has 1 aromatic carbocycles. The van der Waals surface area contributed by atoms with E-state index in [1.54, 1.807) is 13.2 Å². The molecular weight excluding hydrogens is 247 g/mol. The zero-order valence-corrected chi connectivity index (χ0v) is 9.76. The van der Waals surface area contributed by atoms with Gasteiger partial charge in [0.05, 0.1) is 0 Å². The number of methoxy groups -OCH3 is 1. The summed E-state index contributed by atoms with van der Waals surface area (Å²) >= 11 is 3.50. The average molecular weight is 261 g/mol. The highest BCUT2D eigenvalue weighted by molar-refractivity contribution is 9.09. The maximum absolute atomic E-state index is 13.2. The summed E-state index contributed by atoms with van der Waals surface area (Å²) in [4.78, 5) is 0.277. The number of hydrogen-bond acceptors (Lipinski definition) is 1. The number of hydrogen-bond donors (Lipinski definition) is 0. The minimum Gasteiger partial charge on any atom is -0.385 e.